The van der Waals surface area contributed by atoms with Crippen molar-refractivity contribution >= 4 is 0 Å². The van der Waals surface area contributed by atoms with Crippen molar-refractivity contribution in [2.45, 2.75) is 77.9 Å². The smallest absolute Gasteiger partial charge is 0.149 e. The molecular weight excluding hydrogens is 248 g/mol. The third-order valence-electron chi connectivity index (χ3n) is 5.17. The van der Waals surface area contributed by atoms with E-state index in [0.29, 0.717) is 12.1 Å². The van der Waals surface area contributed by atoms with Crippen molar-refractivity contribution in [2.75, 3.05) is 0 Å². The molecule has 1 N–H and O–H groups in total. The summed E-state index contributed by atoms with van der Waals surface area (Å²) in [6.07, 6.45) is 7.77. The average Bonchev–Trinajstić information content (AvgIpc) is 3.01. The molecule has 3 atom stereocenters. The van der Waals surface area contributed by atoms with Crippen LogP contribution in [0, 0.1) is 11.8 Å². The van der Waals surface area contributed by atoms with Crippen molar-refractivity contribution in [2.24, 2.45) is 11.8 Å². The van der Waals surface area contributed by atoms with Gasteiger partial charge in [-0.25, -0.2) is 0 Å². The second kappa shape index (κ2) is 5.84. The van der Waals surface area contributed by atoms with E-state index in [-0.39, 0.29) is 0 Å². The number of fused-ring (bicyclic) bond motifs is 1. The number of nitrogens with one attached hydrogen (secondary N) is 1. The molecule has 20 heavy (non-hydrogen) atoms. The second-order valence-corrected chi connectivity index (χ2v) is 6.92. The fourth-order valence-electron chi connectivity index (χ4n) is 4.05. The normalized spacial score (nSPS) is 27.8. The lowest BCUT2D eigenvalue weighted by Crippen LogP contribution is -2.42. The highest BCUT2D eigenvalue weighted by Gasteiger charge is 2.30. The van der Waals surface area contributed by atoms with E-state index in [1.54, 1.807) is 0 Å². The van der Waals surface area contributed by atoms with Crippen LogP contribution in [0.5, 0.6) is 0 Å². The Kier molecular flexibility index (Phi) is 4.11. The lowest BCUT2D eigenvalue weighted by molar-refractivity contribution is 0.192. The number of aryl methyl sites for hydroxylation is 1. The second-order valence-electron chi connectivity index (χ2n) is 6.92. The summed E-state index contributed by atoms with van der Waals surface area (Å²) >= 11 is 0. The van der Waals surface area contributed by atoms with Gasteiger partial charge in [0.15, 0.2) is 0 Å². The van der Waals surface area contributed by atoms with E-state index in [1.807, 2.05) is 0 Å². The largest absolute Gasteiger partial charge is 0.314 e. The molecule has 1 fully saturated rings. The first-order valence-corrected chi connectivity index (χ1v) is 8.35. The summed E-state index contributed by atoms with van der Waals surface area (Å²) in [6.45, 7) is 8.08. The van der Waals surface area contributed by atoms with Gasteiger partial charge in [0.1, 0.15) is 11.6 Å². The Labute approximate surface area is 122 Å². The van der Waals surface area contributed by atoms with Gasteiger partial charge in [0.25, 0.3) is 0 Å². The SMILES string of the molecule is CC(NC1CCCCC1C(C)C)c1nnc2n1CCC2. The van der Waals surface area contributed by atoms with Gasteiger partial charge in [-0.15, -0.1) is 10.2 Å². The predicted molar refractivity (Wildman–Crippen MR) is 80.5 cm³/mol. The summed E-state index contributed by atoms with van der Waals surface area (Å²) in [6, 6.07) is 0.965. The fraction of sp³-hybridized carbons (Fsp3) is 0.875. The zero-order valence-electron chi connectivity index (χ0n) is 13.1. The molecule has 0 amide bonds. The van der Waals surface area contributed by atoms with Gasteiger partial charge in [0.05, 0.1) is 6.04 Å². The first kappa shape index (κ1) is 14.1. The predicted octanol–water partition coefficient (Wildman–Crippen LogP) is 3.09. The number of hydrogen-bond donors (Lipinski definition) is 1. The maximum Gasteiger partial charge on any atom is 0.149 e. The minimum atomic E-state index is 0.318. The minimum absolute atomic E-state index is 0.318. The van der Waals surface area contributed by atoms with Gasteiger partial charge in [-0.1, -0.05) is 26.7 Å². The topological polar surface area (TPSA) is 42.7 Å². The first-order chi connectivity index (χ1) is 9.66. The van der Waals surface area contributed by atoms with Gasteiger partial charge in [-0.2, -0.15) is 0 Å². The van der Waals surface area contributed by atoms with Crippen molar-refractivity contribution in [1.29, 1.82) is 0 Å². The highest BCUT2D eigenvalue weighted by Crippen LogP contribution is 2.32. The van der Waals surface area contributed by atoms with Crippen LogP contribution in [-0.4, -0.2) is 20.8 Å². The molecule has 3 unspecified atom stereocenters. The summed E-state index contributed by atoms with van der Waals surface area (Å²) in [4.78, 5) is 0. The number of nitrogens with zero attached hydrogens (tertiary/aromatic N) is 3. The molecule has 1 aromatic rings. The van der Waals surface area contributed by atoms with E-state index in [4.69, 9.17) is 0 Å². The Morgan fingerprint density at radius 3 is 2.70 bits per heavy atom. The molecule has 4 nitrogen and oxygen atoms in total. The molecule has 2 heterocycles. The van der Waals surface area contributed by atoms with Gasteiger partial charge in [0, 0.05) is 19.0 Å². The van der Waals surface area contributed by atoms with E-state index in [0.717, 1.165) is 30.6 Å². The third-order valence-corrected chi connectivity index (χ3v) is 5.17. The number of rotatable bonds is 4. The highest BCUT2D eigenvalue weighted by molar-refractivity contribution is 5.04. The van der Waals surface area contributed by atoms with Gasteiger partial charge in [-0.3, -0.25) is 0 Å². The number of hydrogen-bond acceptors (Lipinski definition) is 3. The molecule has 1 aliphatic carbocycles. The first-order valence-electron chi connectivity index (χ1n) is 8.35. The van der Waals surface area contributed by atoms with Crippen LogP contribution in [0.4, 0.5) is 0 Å². The third kappa shape index (κ3) is 2.62. The Hall–Kier alpha value is -0.900. The summed E-state index contributed by atoms with van der Waals surface area (Å²) in [5.74, 6) is 3.90. The van der Waals surface area contributed by atoms with Crippen LogP contribution in [0.1, 0.15) is 70.6 Å². The van der Waals surface area contributed by atoms with Crippen LogP contribution < -0.4 is 5.32 Å². The van der Waals surface area contributed by atoms with E-state index >= 15 is 0 Å². The average molecular weight is 276 g/mol. The Balaban J connectivity index is 1.69. The molecule has 1 aliphatic heterocycles. The summed E-state index contributed by atoms with van der Waals surface area (Å²) in [7, 11) is 0. The van der Waals surface area contributed by atoms with E-state index in [2.05, 4.69) is 40.9 Å². The maximum atomic E-state index is 4.42. The summed E-state index contributed by atoms with van der Waals surface area (Å²) < 4.78 is 2.32. The molecule has 1 saturated carbocycles. The minimum Gasteiger partial charge on any atom is -0.314 e. The zero-order valence-corrected chi connectivity index (χ0v) is 13.1. The standard InChI is InChI=1S/C16H28N4/c1-11(2)13-7-4-5-8-14(13)17-12(3)16-19-18-15-9-6-10-20(15)16/h11-14,17H,4-10H2,1-3H3. The lowest BCUT2D eigenvalue weighted by atomic mass is 9.77. The van der Waals surface area contributed by atoms with Crippen LogP contribution >= 0.6 is 0 Å². The Morgan fingerprint density at radius 2 is 1.90 bits per heavy atom. The Bertz CT molecular complexity index is 451. The van der Waals surface area contributed by atoms with Crippen molar-refractivity contribution in [3.63, 3.8) is 0 Å². The van der Waals surface area contributed by atoms with E-state index < -0.39 is 0 Å². The van der Waals surface area contributed by atoms with Crippen LogP contribution in [-0.2, 0) is 13.0 Å². The lowest BCUT2D eigenvalue weighted by Gasteiger charge is -2.36. The summed E-state index contributed by atoms with van der Waals surface area (Å²) in [5.41, 5.74) is 0. The molecule has 1 aromatic heterocycles. The van der Waals surface area contributed by atoms with Gasteiger partial charge < -0.3 is 9.88 Å². The van der Waals surface area contributed by atoms with Gasteiger partial charge >= 0.3 is 0 Å². The molecular formula is C16H28N4. The van der Waals surface area contributed by atoms with Gasteiger partial charge in [-0.05, 0) is 38.0 Å². The highest BCUT2D eigenvalue weighted by atomic mass is 15.3. The van der Waals surface area contributed by atoms with Crippen molar-refractivity contribution in [3.8, 4) is 0 Å². The maximum absolute atomic E-state index is 4.42. The molecule has 0 spiro atoms. The molecule has 0 aromatic carbocycles. The molecule has 4 heteroatoms. The van der Waals surface area contributed by atoms with Crippen LogP contribution in [0.25, 0.3) is 0 Å². The van der Waals surface area contributed by atoms with Crippen molar-refractivity contribution in [3.05, 3.63) is 11.6 Å². The van der Waals surface area contributed by atoms with E-state index in [1.165, 1.54) is 37.9 Å². The zero-order chi connectivity index (χ0) is 14.1. The molecule has 0 saturated heterocycles. The molecule has 3 rings (SSSR count). The van der Waals surface area contributed by atoms with E-state index in [9.17, 15) is 0 Å². The van der Waals surface area contributed by atoms with Crippen molar-refractivity contribution in [1.82, 2.24) is 20.1 Å². The monoisotopic (exact) mass is 276 g/mol. The Morgan fingerprint density at radius 1 is 1.10 bits per heavy atom. The quantitative estimate of drug-likeness (QED) is 0.919. The molecule has 0 radical (unpaired) electrons. The van der Waals surface area contributed by atoms with Crippen molar-refractivity contribution < 1.29 is 0 Å². The van der Waals surface area contributed by atoms with Crippen LogP contribution in [0.15, 0.2) is 0 Å². The molecule has 0 bridgehead atoms. The van der Waals surface area contributed by atoms with Crippen LogP contribution in [0.2, 0.25) is 0 Å². The summed E-state index contributed by atoms with van der Waals surface area (Å²) in [5, 5.41) is 12.6. The van der Waals surface area contributed by atoms with Crippen LogP contribution in [0.3, 0.4) is 0 Å². The van der Waals surface area contributed by atoms with Gasteiger partial charge in [0.2, 0.25) is 0 Å². The molecule has 2 aliphatic rings. The number of aromatic nitrogens is 3. The molecule has 112 valence electrons. The fourth-order valence-corrected chi connectivity index (χ4v) is 4.05.